The van der Waals surface area contributed by atoms with Crippen molar-refractivity contribution in [2.45, 2.75) is 4.90 Å². The summed E-state index contributed by atoms with van der Waals surface area (Å²) in [5.41, 5.74) is 2.84. The molecule has 0 atom stereocenters. The Morgan fingerprint density at radius 3 is 2.85 bits per heavy atom. The van der Waals surface area contributed by atoms with Crippen LogP contribution in [0.1, 0.15) is 10.4 Å². The number of carboxylic acid groups (broad SMARTS) is 1. The van der Waals surface area contributed by atoms with Crippen LogP contribution in [0.4, 0.5) is 0 Å². The van der Waals surface area contributed by atoms with E-state index >= 15 is 0 Å². The Labute approximate surface area is 120 Å². The van der Waals surface area contributed by atoms with Gasteiger partial charge in [-0.05, 0) is 42.7 Å². The molecule has 0 unspecified atom stereocenters. The Kier molecular flexibility index (Phi) is 3.20. The third kappa shape index (κ3) is 2.16. The van der Waals surface area contributed by atoms with E-state index in [-0.39, 0.29) is 5.56 Å². The maximum atomic E-state index is 11.0. The molecule has 1 N–H and O–H groups in total. The molecule has 1 heterocycles. The number of aromatic carboxylic acids is 1. The van der Waals surface area contributed by atoms with E-state index in [0.717, 1.165) is 11.2 Å². The molecule has 0 amide bonds. The monoisotopic (exact) mass is 284 g/mol. The average molecular weight is 284 g/mol. The van der Waals surface area contributed by atoms with Gasteiger partial charge in [-0.3, -0.25) is 4.57 Å². The second-order valence-electron chi connectivity index (χ2n) is 4.32. The van der Waals surface area contributed by atoms with Gasteiger partial charge in [-0.2, -0.15) is 0 Å². The number of thioether (sulfide) groups is 1. The molecule has 0 fully saturated rings. The summed E-state index contributed by atoms with van der Waals surface area (Å²) in [6.07, 6.45) is 3.75. The number of fused-ring (bicyclic) bond motifs is 1. The molecule has 2 aromatic carbocycles. The zero-order valence-corrected chi connectivity index (χ0v) is 11.6. The highest BCUT2D eigenvalue weighted by molar-refractivity contribution is 7.98. The van der Waals surface area contributed by atoms with Gasteiger partial charge in [-0.15, -0.1) is 11.8 Å². The van der Waals surface area contributed by atoms with E-state index in [1.807, 2.05) is 23.0 Å². The number of imidazole rings is 1. The molecule has 0 saturated heterocycles. The second-order valence-corrected chi connectivity index (χ2v) is 5.20. The number of hydrogen-bond acceptors (Lipinski definition) is 3. The molecule has 0 radical (unpaired) electrons. The van der Waals surface area contributed by atoms with Crippen molar-refractivity contribution in [3.05, 3.63) is 54.4 Å². The summed E-state index contributed by atoms with van der Waals surface area (Å²) in [6, 6.07) is 13.1. The van der Waals surface area contributed by atoms with Crippen molar-refractivity contribution in [1.29, 1.82) is 0 Å². The number of hydrogen-bond donors (Lipinski definition) is 1. The smallest absolute Gasteiger partial charge is 0.335 e. The predicted octanol–water partition coefficient (Wildman–Crippen LogP) is 3.45. The number of benzene rings is 2. The fraction of sp³-hybridized carbons (Fsp3) is 0.0667. The van der Waals surface area contributed by atoms with Crippen molar-refractivity contribution in [3.8, 4) is 5.69 Å². The number of rotatable bonds is 3. The highest BCUT2D eigenvalue weighted by Crippen LogP contribution is 2.23. The summed E-state index contributed by atoms with van der Waals surface area (Å²) in [7, 11) is 0. The molecule has 100 valence electrons. The zero-order chi connectivity index (χ0) is 14.1. The first kappa shape index (κ1) is 12.7. The molecule has 20 heavy (non-hydrogen) atoms. The largest absolute Gasteiger partial charge is 0.478 e. The number of carboxylic acids is 1. The minimum Gasteiger partial charge on any atom is -0.478 e. The van der Waals surface area contributed by atoms with E-state index in [9.17, 15) is 4.79 Å². The minimum atomic E-state index is -0.939. The number of nitrogens with zero attached hydrogens (tertiary/aromatic N) is 2. The van der Waals surface area contributed by atoms with Gasteiger partial charge >= 0.3 is 5.97 Å². The Bertz CT molecular complexity index is 795. The van der Waals surface area contributed by atoms with Gasteiger partial charge in [0.15, 0.2) is 0 Å². The van der Waals surface area contributed by atoms with Gasteiger partial charge in [0.1, 0.15) is 6.33 Å². The number of aromatic nitrogens is 2. The minimum absolute atomic E-state index is 0.251. The Morgan fingerprint density at radius 1 is 1.25 bits per heavy atom. The van der Waals surface area contributed by atoms with Crippen LogP contribution in [-0.2, 0) is 0 Å². The highest BCUT2D eigenvalue weighted by Gasteiger charge is 2.09. The van der Waals surface area contributed by atoms with Gasteiger partial charge in [0.25, 0.3) is 0 Å². The fourth-order valence-electron chi connectivity index (χ4n) is 2.11. The SMILES string of the molecule is CSc1cccc(-n2cnc3cc(C(=O)O)ccc32)c1. The summed E-state index contributed by atoms with van der Waals surface area (Å²) >= 11 is 1.68. The topological polar surface area (TPSA) is 55.1 Å². The molecule has 1 aromatic heterocycles. The molecule has 0 aliphatic rings. The van der Waals surface area contributed by atoms with Crippen molar-refractivity contribution >= 4 is 28.8 Å². The first-order valence-corrected chi connectivity index (χ1v) is 7.26. The third-order valence-corrected chi connectivity index (χ3v) is 3.85. The van der Waals surface area contributed by atoms with Gasteiger partial charge in [-0.25, -0.2) is 9.78 Å². The van der Waals surface area contributed by atoms with Crippen LogP contribution in [0, 0.1) is 0 Å². The van der Waals surface area contributed by atoms with Gasteiger partial charge in [0.2, 0.25) is 0 Å². The van der Waals surface area contributed by atoms with Crippen LogP contribution in [0.3, 0.4) is 0 Å². The molecule has 3 rings (SSSR count). The maximum Gasteiger partial charge on any atom is 0.335 e. The first-order valence-electron chi connectivity index (χ1n) is 6.04. The molecular formula is C15H12N2O2S. The van der Waals surface area contributed by atoms with E-state index in [0.29, 0.717) is 5.52 Å². The van der Waals surface area contributed by atoms with E-state index in [2.05, 4.69) is 17.1 Å². The average Bonchev–Trinajstić information content (AvgIpc) is 2.90. The molecule has 0 aliphatic carbocycles. The van der Waals surface area contributed by atoms with Crippen LogP contribution >= 0.6 is 11.8 Å². The standard InChI is InChI=1S/C15H12N2O2S/c1-20-12-4-2-3-11(8-12)17-9-16-13-7-10(15(18)19)5-6-14(13)17/h2-9H,1H3,(H,18,19). The zero-order valence-electron chi connectivity index (χ0n) is 10.8. The normalized spacial score (nSPS) is 10.8. The van der Waals surface area contributed by atoms with Gasteiger partial charge in [0.05, 0.1) is 16.6 Å². The van der Waals surface area contributed by atoms with Crippen molar-refractivity contribution in [3.63, 3.8) is 0 Å². The van der Waals surface area contributed by atoms with Crippen LogP contribution in [-0.4, -0.2) is 26.9 Å². The molecular weight excluding hydrogens is 272 g/mol. The van der Waals surface area contributed by atoms with Crippen LogP contribution in [0.5, 0.6) is 0 Å². The molecule has 4 nitrogen and oxygen atoms in total. The lowest BCUT2D eigenvalue weighted by Gasteiger charge is -2.06. The molecule has 3 aromatic rings. The van der Waals surface area contributed by atoms with Crippen LogP contribution in [0.2, 0.25) is 0 Å². The quantitative estimate of drug-likeness (QED) is 0.748. The van der Waals surface area contributed by atoms with Crippen molar-refractivity contribution in [1.82, 2.24) is 9.55 Å². The molecule has 0 spiro atoms. The molecule has 0 bridgehead atoms. The maximum absolute atomic E-state index is 11.0. The highest BCUT2D eigenvalue weighted by atomic mass is 32.2. The van der Waals surface area contributed by atoms with E-state index in [1.165, 1.54) is 4.90 Å². The summed E-state index contributed by atoms with van der Waals surface area (Å²) in [5, 5.41) is 9.00. The lowest BCUT2D eigenvalue weighted by atomic mass is 10.2. The number of carbonyl (C=O) groups is 1. The van der Waals surface area contributed by atoms with Gasteiger partial charge in [0, 0.05) is 10.6 Å². The molecule has 0 saturated carbocycles. The summed E-state index contributed by atoms with van der Waals surface area (Å²) in [5.74, 6) is -0.939. The third-order valence-electron chi connectivity index (χ3n) is 3.13. The van der Waals surface area contributed by atoms with E-state index in [4.69, 9.17) is 5.11 Å². The van der Waals surface area contributed by atoms with E-state index in [1.54, 1.807) is 36.3 Å². The molecule has 0 aliphatic heterocycles. The second kappa shape index (κ2) is 5.02. The lowest BCUT2D eigenvalue weighted by Crippen LogP contribution is -1.96. The Balaban J connectivity index is 2.14. The Hall–Kier alpha value is -2.27. The van der Waals surface area contributed by atoms with Crippen LogP contribution < -0.4 is 0 Å². The first-order chi connectivity index (χ1) is 9.69. The van der Waals surface area contributed by atoms with Gasteiger partial charge in [-0.1, -0.05) is 6.07 Å². The Morgan fingerprint density at radius 2 is 2.10 bits per heavy atom. The summed E-state index contributed by atoms with van der Waals surface area (Å²) < 4.78 is 1.96. The van der Waals surface area contributed by atoms with Crippen molar-refractivity contribution in [2.24, 2.45) is 0 Å². The summed E-state index contributed by atoms with van der Waals surface area (Å²) in [6.45, 7) is 0. The van der Waals surface area contributed by atoms with Crippen molar-refractivity contribution in [2.75, 3.05) is 6.26 Å². The van der Waals surface area contributed by atoms with Crippen LogP contribution in [0.25, 0.3) is 16.7 Å². The van der Waals surface area contributed by atoms with Gasteiger partial charge < -0.3 is 5.11 Å². The van der Waals surface area contributed by atoms with E-state index < -0.39 is 5.97 Å². The fourth-order valence-corrected chi connectivity index (χ4v) is 2.57. The van der Waals surface area contributed by atoms with Crippen molar-refractivity contribution < 1.29 is 9.90 Å². The predicted molar refractivity (Wildman–Crippen MR) is 79.8 cm³/mol. The van der Waals surface area contributed by atoms with Crippen LogP contribution in [0.15, 0.2) is 53.7 Å². The molecule has 5 heteroatoms. The summed E-state index contributed by atoms with van der Waals surface area (Å²) in [4.78, 5) is 16.4. The lowest BCUT2D eigenvalue weighted by molar-refractivity contribution is 0.0697.